The quantitative estimate of drug-likeness (QED) is 0.573. The molecule has 22 heavy (non-hydrogen) atoms. The molecule has 0 radical (unpaired) electrons. The molecule has 0 unspecified atom stereocenters. The van der Waals surface area contributed by atoms with Crippen molar-refractivity contribution in [3.8, 4) is 0 Å². The monoisotopic (exact) mass is 314 g/mol. The first-order chi connectivity index (χ1) is 10.6. The lowest BCUT2D eigenvalue weighted by atomic mass is 10.0. The summed E-state index contributed by atoms with van der Waals surface area (Å²) < 4.78 is 15.1. The van der Waals surface area contributed by atoms with Crippen LogP contribution in [0.3, 0.4) is 0 Å². The van der Waals surface area contributed by atoms with E-state index >= 15 is 0 Å². The van der Waals surface area contributed by atoms with Crippen LogP contribution in [0.15, 0.2) is 48.7 Å². The second-order valence-electron chi connectivity index (χ2n) is 5.24. The van der Waals surface area contributed by atoms with Gasteiger partial charge in [-0.05, 0) is 47.9 Å². The molecule has 0 bridgehead atoms. The van der Waals surface area contributed by atoms with Crippen molar-refractivity contribution in [1.82, 2.24) is 10.0 Å². The summed E-state index contributed by atoms with van der Waals surface area (Å²) in [5.41, 5.74) is 6.03. The molecule has 0 saturated carbocycles. The SMILES string of the molecule is Cn1cc(Cc2ccc(F)cc2)c2cc(C(=S)NO)ccc21. The van der Waals surface area contributed by atoms with Crippen molar-refractivity contribution in [3.05, 3.63) is 71.2 Å². The molecule has 1 aromatic heterocycles. The summed E-state index contributed by atoms with van der Waals surface area (Å²) in [4.78, 5) is 0.290. The highest BCUT2D eigenvalue weighted by molar-refractivity contribution is 7.80. The largest absolute Gasteiger partial charge is 0.350 e. The number of nitrogens with one attached hydrogen (secondary N) is 1. The van der Waals surface area contributed by atoms with E-state index in [1.54, 1.807) is 12.1 Å². The third-order valence-electron chi connectivity index (χ3n) is 3.74. The van der Waals surface area contributed by atoms with Gasteiger partial charge in [0.2, 0.25) is 0 Å². The number of hydroxylamine groups is 1. The Hall–Kier alpha value is -2.24. The highest BCUT2D eigenvalue weighted by Crippen LogP contribution is 2.24. The summed E-state index contributed by atoms with van der Waals surface area (Å²) in [6.45, 7) is 0. The Bertz CT molecular complexity index is 840. The molecule has 0 spiro atoms. The van der Waals surface area contributed by atoms with Crippen LogP contribution in [-0.2, 0) is 13.5 Å². The summed E-state index contributed by atoms with van der Waals surface area (Å²) in [6, 6.07) is 12.3. The van der Waals surface area contributed by atoms with Gasteiger partial charge in [0.25, 0.3) is 0 Å². The predicted molar refractivity (Wildman–Crippen MR) is 88.7 cm³/mol. The third-order valence-corrected chi connectivity index (χ3v) is 4.07. The summed E-state index contributed by atoms with van der Waals surface area (Å²) >= 11 is 5.07. The minimum absolute atomic E-state index is 0.233. The molecule has 0 atom stereocenters. The number of fused-ring (bicyclic) bond motifs is 1. The zero-order valence-corrected chi connectivity index (χ0v) is 12.8. The maximum absolute atomic E-state index is 13.0. The summed E-state index contributed by atoms with van der Waals surface area (Å²) in [6.07, 6.45) is 2.77. The smallest absolute Gasteiger partial charge is 0.130 e. The second-order valence-corrected chi connectivity index (χ2v) is 5.65. The lowest BCUT2D eigenvalue weighted by Gasteiger charge is -2.04. The Morgan fingerprint density at radius 3 is 2.64 bits per heavy atom. The van der Waals surface area contributed by atoms with E-state index in [1.807, 2.05) is 35.3 Å². The lowest BCUT2D eigenvalue weighted by molar-refractivity contribution is 0.238. The fourth-order valence-electron chi connectivity index (χ4n) is 2.64. The molecule has 112 valence electrons. The molecule has 3 aromatic rings. The molecule has 3 nitrogen and oxygen atoms in total. The van der Waals surface area contributed by atoms with Crippen LogP contribution in [-0.4, -0.2) is 14.8 Å². The van der Waals surface area contributed by atoms with Crippen LogP contribution in [0.1, 0.15) is 16.7 Å². The van der Waals surface area contributed by atoms with Gasteiger partial charge in [-0.1, -0.05) is 24.4 Å². The maximum atomic E-state index is 13.0. The van der Waals surface area contributed by atoms with Crippen molar-refractivity contribution in [2.45, 2.75) is 6.42 Å². The average molecular weight is 314 g/mol. The van der Waals surface area contributed by atoms with Gasteiger partial charge in [0, 0.05) is 29.7 Å². The molecule has 0 saturated heterocycles. The third kappa shape index (κ3) is 2.73. The average Bonchev–Trinajstić information content (AvgIpc) is 2.84. The summed E-state index contributed by atoms with van der Waals surface area (Å²) in [5, 5.41) is 10.0. The minimum Gasteiger partial charge on any atom is -0.350 e. The first-order valence-corrected chi connectivity index (χ1v) is 7.26. The molecular weight excluding hydrogens is 299 g/mol. The van der Waals surface area contributed by atoms with E-state index in [0.29, 0.717) is 11.4 Å². The van der Waals surface area contributed by atoms with Gasteiger partial charge < -0.3 is 4.57 Å². The number of aryl methyl sites for hydroxylation is 1. The minimum atomic E-state index is -0.233. The zero-order valence-electron chi connectivity index (χ0n) is 12.0. The highest BCUT2D eigenvalue weighted by Gasteiger charge is 2.10. The molecule has 5 heteroatoms. The molecule has 0 aliphatic carbocycles. The van der Waals surface area contributed by atoms with Crippen molar-refractivity contribution in [3.63, 3.8) is 0 Å². The number of nitrogens with zero attached hydrogens (tertiary/aromatic N) is 1. The van der Waals surface area contributed by atoms with Crippen molar-refractivity contribution >= 4 is 28.1 Å². The molecule has 0 fully saturated rings. The van der Waals surface area contributed by atoms with Gasteiger partial charge in [0.05, 0.1) is 0 Å². The second kappa shape index (κ2) is 5.87. The molecule has 1 heterocycles. The van der Waals surface area contributed by atoms with Crippen LogP contribution >= 0.6 is 12.2 Å². The Balaban J connectivity index is 2.04. The Morgan fingerprint density at radius 2 is 1.95 bits per heavy atom. The number of benzene rings is 2. The Labute approximate surface area is 133 Å². The lowest BCUT2D eigenvalue weighted by Crippen LogP contribution is -2.17. The maximum Gasteiger partial charge on any atom is 0.130 e. The van der Waals surface area contributed by atoms with E-state index in [-0.39, 0.29) is 5.82 Å². The predicted octanol–water partition coefficient (Wildman–Crippen LogP) is 3.56. The van der Waals surface area contributed by atoms with Gasteiger partial charge in [-0.2, -0.15) is 0 Å². The van der Waals surface area contributed by atoms with Gasteiger partial charge >= 0.3 is 0 Å². The fraction of sp³-hybridized carbons (Fsp3) is 0.118. The number of rotatable bonds is 3. The summed E-state index contributed by atoms with van der Waals surface area (Å²) in [7, 11) is 1.98. The van der Waals surface area contributed by atoms with Gasteiger partial charge in [0.15, 0.2) is 0 Å². The Morgan fingerprint density at radius 1 is 1.23 bits per heavy atom. The van der Waals surface area contributed by atoms with Crippen molar-refractivity contribution < 1.29 is 9.60 Å². The fourth-order valence-corrected chi connectivity index (χ4v) is 2.77. The van der Waals surface area contributed by atoms with E-state index in [9.17, 15) is 4.39 Å². The number of thiocarbonyl (C=S) groups is 1. The van der Waals surface area contributed by atoms with E-state index < -0.39 is 0 Å². The standard InChI is InChI=1S/C17H15FN2OS/c1-20-10-13(8-11-2-5-14(18)6-3-11)15-9-12(17(22)19-21)4-7-16(15)20/h2-7,9-10,21H,8H2,1H3,(H,19,22). The van der Waals surface area contributed by atoms with E-state index in [0.717, 1.165) is 27.6 Å². The van der Waals surface area contributed by atoms with Crippen molar-refractivity contribution in [1.29, 1.82) is 0 Å². The number of hydrogen-bond donors (Lipinski definition) is 2. The summed E-state index contributed by atoms with van der Waals surface area (Å²) in [5.74, 6) is -0.233. The normalized spacial score (nSPS) is 10.9. The molecule has 0 amide bonds. The van der Waals surface area contributed by atoms with Gasteiger partial charge in [-0.3, -0.25) is 10.7 Å². The molecule has 2 aromatic carbocycles. The van der Waals surface area contributed by atoms with Crippen LogP contribution in [0.5, 0.6) is 0 Å². The molecule has 2 N–H and O–H groups in total. The Kier molecular flexibility index (Phi) is 3.92. The van der Waals surface area contributed by atoms with Gasteiger partial charge in [-0.15, -0.1) is 0 Å². The van der Waals surface area contributed by atoms with E-state index in [4.69, 9.17) is 17.4 Å². The first kappa shape index (κ1) is 14.7. The van der Waals surface area contributed by atoms with Gasteiger partial charge in [0.1, 0.15) is 10.8 Å². The van der Waals surface area contributed by atoms with Crippen LogP contribution in [0, 0.1) is 5.82 Å². The molecule has 3 rings (SSSR count). The van der Waals surface area contributed by atoms with Crippen LogP contribution < -0.4 is 5.48 Å². The van der Waals surface area contributed by atoms with Crippen molar-refractivity contribution in [2.75, 3.05) is 0 Å². The van der Waals surface area contributed by atoms with Crippen molar-refractivity contribution in [2.24, 2.45) is 7.05 Å². The number of aromatic nitrogens is 1. The van der Waals surface area contributed by atoms with Gasteiger partial charge in [-0.25, -0.2) is 4.39 Å². The number of halogens is 1. The van der Waals surface area contributed by atoms with Crippen LogP contribution in [0.25, 0.3) is 10.9 Å². The number of hydrogen-bond acceptors (Lipinski definition) is 2. The van der Waals surface area contributed by atoms with E-state index in [1.165, 1.54) is 12.1 Å². The highest BCUT2D eigenvalue weighted by atomic mass is 32.1. The zero-order chi connectivity index (χ0) is 15.7. The topological polar surface area (TPSA) is 37.2 Å². The first-order valence-electron chi connectivity index (χ1n) is 6.85. The molecule has 0 aliphatic heterocycles. The van der Waals surface area contributed by atoms with Crippen LogP contribution in [0.4, 0.5) is 4.39 Å². The van der Waals surface area contributed by atoms with Crippen LogP contribution in [0.2, 0.25) is 0 Å². The van der Waals surface area contributed by atoms with E-state index in [2.05, 4.69) is 6.20 Å². The molecule has 0 aliphatic rings. The molecular formula is C17H15FN2OS.